The standard InChI is InChI=1S/C9H12N2O4S/c1-10-9(13)8-6(11-16(2,14)15)4-3-5-7(8)12/h3-5,11-12H,1-2H3,(H,10,13). The van der Waals surface area contributed by atoms with Crippen LogP contribution in [0.15, 0.2) is 18.2 Å². The highest BCUT2D eigenvalue weighted by Gasteiger charge is 2.16. The van der Waals surface area contributed by atoms with Gasteiger partial charge in [-0.25, -0.2) is 8.42 Å². The molecule has 88 valence electrons. The van der Waals surface area contributed by atoms with E-state index in [0.29, 0.717) is 0 Å². The Bertz CT molecular complexity index is 510. The van der Waals surface area contributed by atoms with Gasteiger partial charge >= 0.3 is 0 Å². The maximum absolute atomic E-state index is 11.4. The molecule has 0 unspecified atom stereocenters. The van der Waals surface area contributed by atoms with Crippen LogP contribution >= 0.6 is 0 Å². The van der Waals surface area contributed by atoms with Crippen molar-refractivity contribution in [3.8, 4) is 5.75 Å². The molecule has 0 aliphatic rings. The summed E-state index contributed by atoms with van der Waals surface area (Å²) in [6, 6.07) is 4.14. The lowest BCUT2D eigenvalue weighted by Gasteiger charge is -2.10. The zero-order valence-electron chi connectivity index (χ0n) is 8.81. The number of sulfonamides is 1. The van der Waals surface area contributed by atoms with E-state index in [4.69, 9.17) is 0 Å². The summed E-state index contributed by atoms with van der Waals surface area (Å²) in [6.07, 6.45) is 0.963. The molecule has 0 spiro atoms. The summed E-state index contributed by atoms with van der Waals surface area (Å²) >= 11 is 0. The monoisotopic (exact) mass is 244 g/mol. The second-order valence-corrected chi connectivity index (χ2v) is 4.90. The largest absolute Gasteiger partial charge is 0.507 e. The Balaban J connectivity index is 3.29. The molecule has 0 atom stereocenters. The molecule has 3 N–H and O–H groups in total. The van der Waals surface area contributed by atoms with Crippen molar-refractivity contribution in [3.63, 3.8) is 0 Å². The third kappa shape index (κ3) is 2.86. The van der Waals surface area contributed by atoms with Crippen LogP contribution in [0.3, 0.4) is 0 Å². The predicted molar refractivity (Wildman–Crippen MR) is 60.0 cm³/mol. The quantitative estimate of drug-likeness (QED) is 0.704. The van der Waals surface area contributed by atoms with Gasteiger partial charge in [0.15, 0.2) is 0 Å². The predicted octanol–water partition coefficient (Wildman–Crippen LogP) is 0.123. The molecule has 0 aliphatic carbocycles. The van der Waals surface area contributed by atoms with Crippen molar-refractivity contribution in [2.45, 2.75) is 0 Å². The molecule has 1 aromatic carbocycles. The third-order valence-electron chi connectivity index (χ3n) is 1.79. The summed E-state index contributed by atoms with van der Waals surface area (Å²) < 4.78 is 24.3. The number of phenolic OH excluding ortho intramolecular Hbond substituents is 1. The molecule has 0 aromatic heterocycles. The van der Waals surface area contributed by atoms with Crippen LogP contribution in [-0.2, 0) is 10.0 Å². The number of anilines is 1. The van der Waals surface area contributed by atoms with E-state index in [1.165, 1.54) is 25.2 Å². The second-order valence-electron chi connectivity index (χ2n) is 3.15. The molecule has 16 heavy (non-hydrogen) atoms. The normalized spacial score (nSPS) is 10.9. The van der Waals surface area contributed by atoms with Gasteiger partial charge in [-0.1, -0.05) is 6.07 Å². The summed E-state index contributed by atoms with van der Waals surface area (Å²) in [5.41, 5.74) is -0.0581. The van der Waals surface area contributed by atoms with Crippen molar-refractivity contribution in [3.05, 3.63) is 23.8 Å². The van der Waals surface area contributed by atoms with Gasteiger partial charge in [0.05, 0.1) is 11.9 Å². The summed E-state index contributed by atoms with van der Waals surface area (Å²) in [7, 11) is -2.11. The van der Waals surface area contributed by atoms with E-state index in [-0.39, 0.29) is 17.0 Å². The maximum Gasteiger partial charge on any atom is 0.256 e. The highest BCUT2D eigenvalue weighted by Crippen LogP contribution is 2.25. The molecule has 7 heteroatoms. The van der Waals surface area contributed by atoms with E-state index in [1.807, 2.05) is 0 Å². The Kier molecular flexibility index (Phi) is 3.38. The Labute approximate surface area is 93.3 Å². The van der Waals surface area contributed by atoms with Crippen LogP contribution in [0, 0.1) is 0 Å². The number of hydrogen-bond acceptors (Lipinski definition) is 4. The molecule has 0 saturated heterocycles. The molecule has 1 aromatic rings. The second kappa shape index (κ2) is 4.40. The van der Waals surface area contributed by atoms with Crippen molar-refractivity contribution in [1.29, 1.82) is 0 Å². The summed E-state index contributed by atoms with van der Waals surface area (Å²) in [6.45, 7) is 0. The molecule has 0 aliphatic heterocycles. The molecule has 0 bridgehead atoms. The lowest BCUT2D eigenvalue weighted by Crippen LogP contribution is -2.21. The first-order valence-corrected chi connectivity index (χ1v) is 6.26. The van der Waals surface area contributed by atoms with Crippen LogP contribution in [0.4, 0.5) is 5.69 Å². The molecular formula is C9H12N2O4S. The average molecular weight is 244 g/mol. The fraction of sp³-hybridized carbons (Fsp3) is 0.222. The minimum Gasteiger partial charge on any atom is -0.507 e. The third-order valence-corrected chi connectivity index (χ3v) is 2.38. The average Bonchev–Trinajstić information content (AvgIpc) is 2.14. The summed E-state index contributed by atoms with van der Waals surface area (Å²) in [5, 5.41) is 11.8. The van der Waals surface area contributed by atoms with Gasteiger partial charge in [-0.15, -0.1) is 0 Å². The first kappa shape index (κ1) is 12.3. The van der Waals surface area contributed by atoms with Gasteiger partial charge in [-0.3, -0.25) is 9.52 Å². The zero-order valence-corrected chi connectivity index (χ0v) is 9.63. The van der Waals surface area contributed by atoms with Crippen LogP contribution < -0.4 is 10.0 Å². The number of amides is 1. The summed E-state index contributed by atoms with van der Waals surface area (Å²) in [4.78, 5) is 11.4. The zero-order chi connectivity index (χ0) is 12.3. The maximum atomic E-state index is 11.4. The Morgan fingerprint density at radius 1 is 1.38 bits per heavy atom. The first-order chi connectivity index (χ1) is 7.35. The number of hydrogen-bond donors (Lipinski definition) is 3. The molecule has 6 nitrogen and oxygen atoms in total. The minimum atomic E-state index is -3.50. The van der Waals surface area contributed by atoms with E-state index in [2.05, 4.69) is 10.0 Å². The van der Waals surface area contributed by atoms with E-state index in [1.54, 1.807) is 0 Å². The molecule has 0 fully saturated rings. The smallest absolute Gasteiger partial charge is 0.256 e. The van der Waals surface area contributed by atoms with Crippen molar-refractivity contribution in [2.75, 3.05) is 18.0 Å². The van der Waals surface area contributed by atoms with Crippen LogP contribution in [0.1, 0.15) is 10.4 Å². The van der Waals surface area contributed by atoms with E-state index in [9.17, 15) is 18.3 Å². The van der Waals surface area contributed by atoms with Gasteiger partial charge in [0.25, 0.3) is 5.91 Å². The van der Waals surface area contributed by atoms with Crippen LogP contribution in [0.2, 0.25) is 0 Å². The lowest BCUT2D eigenvalue weighted by atomic mass is 10.1. The van der Waals surface area contributed by atoms with Gasteiger partial charge in [0.1, 0.15) is 11.3 Å². The van der Waals surface area contributed by atoms with Crippen LogP contribution in [0.25, 0.3) is 0 Å². The van der Waals surface area contributed by atoms with Gasteiger partial charge in [0, 0.05) is 7.05 Å². The number of rotatable bonds is 3. The van der Waals surface area contributed by atoms with Gasteiger partial charge in [-0.05, 0) is 12.1 Å². The molecular weight excluding hydrogens is 232 g/mol. The Hall–Kier alpha value is -1.76. The number of benzene rings is 1. The fourth-order valence-electron chi connectivity index (χ4n) is 1.19. The van der Waals surface area contributed by atoms with Gasteiger partial charge < -0.3 is 10.4 Å². The summed E-state index contributed by atoms with van der Waals surface area (Å²) in [5.74, 6) is -0.850. The molecule has 0 saturated carbocycles. The number of carbonyl (C=O) groups is 1. The van der Waals surface area contributed by atoms with E-state index >= 15 is 0 Å². The van der Waals surface area contributed by atoms with Crippen LogP contribution in [-0.4, -0.2) is 32.7 Å². The van der Waals surface area contributed by atoms with Crippen molar-refractivity contribution in [2.24, 2.45) is 0 Å². The van der Waals surface area contributed by atoms with Crippen molar-refractivity contribution >= 4 is 21.6 Å². The Morgan fingerprint density at radius 3 is 2.50 bits per heavy atom. The van der Waals surface area contributed by atoms with E-state index < -0.39 is 15.9 Å². The highest BCUT2D eigenvalue weighted by atomic mass is 32.2. The number of aromatic hydroxyl groups is 1. The topological polar surface area (TPSA) is 95.5 Å². The lowest BCUT2D eigenvalue weighted by molar-refractivity contribution is 0.0961. The molecule has 0 heterocycles. The molecule has 1 amide bonds. The SMILES string of the molecule is CNC(=O)c1c(O)cccc1NS(C)(=O)=O. The van der Waals surface area contributed by atoms with Crippen molar-refractivity contribution in [1.82, 2.24) is 5.32 Å². The van der Waals surface area contributed by atoms with Gasteiger partial charge in [-0.2, -0.15) is 0 Å². The van der Waals surface area contributed by atoms with E-state index in [0.717, 1.165) is 6.26 Å². The fourth-order valence-corrected chi connectivity index (χ4v) is 1.76. The van der Waals surface area contributed by atoms with Crippen molar-refractivity contribution < 1.29 is 18.3 Å². The van der Waals surface area contributed by atoms with Gasteiger partial charge in [0.2, 0.25) is 10.0 Å². The number of nitrogens with one attached hydrogen (secondary N) is 2. The minimum absolute atomic E-state index is 0.0434. The highest BCUT2D eigenvalue weighted by molar-refractivity contribution is 7.92. The number of phenols is 1. The Morgan fingerprint density at radius 2 is 2.00 bits per heavy atom. The number of carbonyl (C=O) groups excluding carboxylic acids is 1. The molecule has 0 radical (unpaired) electrons. The first-order valence-electron chi connectivity index (χ1n) is 4.37. The molecule has 1 rings (SSSR count). The van der Waals surface area contributed by atoms with Crippen LogP contribution in [0.5, 0.6) is 5.75 Å².